The number of anilines is 2. The molecule has 0 radical (unpaired) electrons. The molecule has 3 aromatic rings. The maximum atomic E-state index is 13.3. The van der Waals surface area contributed by atoms with Crippen molar-refractivity contribution >= 4 is 34.7 Å². The second-order valence-corrected chi connectivity index (χ2v) is 9.24. The molecule has 0 bridgehead atoms. The number of morpholine rings is 1. The highest BCUT2D eigenvalue weighted by Gasteiger charge is 2.23. The van der Waals surface area contributed by atoms with Gasteiger partial charge in [0.25, 0.3) is 5.56 Å². The molecule has 2 fully saturated rings. The third-order valence-corrected chi connectivity index (χ3v) is 6.83. The molecule has 0 spiro atoms. The normalized spacial score (nSPS) is 19.2. The van der Waals surface area contributed by atoms with E-state index >= 15 is 0 Å². The Hall–Kier alpha value is -2.46. The summed E-state index contributed by atoms with van der Waals surface area (Å²) in [5.41, 5.74) is 2.06. The van der Waals surface area contributed by atoms with Gasteiger partial charge in [-0.3, -0.25) is 9.78 Å². The molecule has 8 nitrogen and oxygen atoms in total. The average Bonchev–Trinajstić information content (AvgIpc) is 3.30. The molecule has 2 saturated heterocycles. The van der Waals surface area contributed by atoms with E-state index in [-0.39, 0.29) is 11.6 Å². The van der Waals surface area contributed by atoms with Gasteiger partial charge in [-0.25, -0.2) is 4.98 Å². The molecule has 10 heteroatoms. The molecule has 1 aromatic carbocycles. The summed E-state index contributed by atoms with van der Waals surface area (Å²) in [6, 6.07) is 7.75. The summed E-state index contributed by atoms with van der Waals surface area (Å²) >= 11 is 7.46. The lowest BCUT2D eigenvalue weighted by Gasteiger charge is -2.29. The summed E-state index contributed by atoms with van der Waals surface area (Å²) in [5, 5.41) is 10.2. The van der Waals surface area contributed by atoms with Crippen molar-refractivity contribution in [2.45, 2.75) is 18.9 Å². The van der Waals surface area contributed by atoms with Crippen LogP contribution in [-0.4, -0.2) is 60.4 Å². The fraction of sp³-hybridized carbons (Fsp3) is 0.409. The summed E-state index contributed by atoms with van der Waals surface area (Å²) in [5.74, 6) is 1.16. The molecule has 0 saturated carbocycles. The van der Waals surface area contributed by atoms with Crippen molar-refractivity contribution < 1.29 is 4.74 Å². The van der Waals surface area contributed by atoms with E-state index < -0.39 is 0 Å². The minimum Gasteiger partial charge on any atom is -0.378 e. The minimum absolute atomic E-state index is 0.190. The molecule has 5 rings (SSSR count). The van der Waals surface area contributed by atoms with E-state index in [1.54, 1.807) is 0 Å². The number of hydrogen-bond donors (Lipinski definition) is 3. The van der Waals surface area contributed by atoms with E-state index in [1.807, 2.05) is 29.6 Å². The average molecular weight is 473 g/mol. The van der Waals surface area contributed by atoms with Crippen molar-refractivity contribution in [2.24, 2.45) is 0 Å². The molecule has 0 aliphatic carbocycles. The van der Waals surface area contributed by atoms with Gasteiger partial charge in [-0.15, -0.1) is 11.3 Å². The van der Waals surface area contributed by atoms with Crippen LogP contribution in [0.15, 0.2) is 34.4 Å². The molecule has 3 N–H and O–H groups in total. The van der Waals surface area contributed by atoms with Gasteiger partial charge < -0.3 is 20.3 Å². The van der Waals surface area contributed by atoms with Gasteiger partial charge in [0, 0.05) is 41.6 Å². The van der Waals surface area contributed by atoms with Crippen LogP contribution in [0.4, 0.5) is 11.8 Å². The van der Waals surface area contributed by atoms with Crippen LogP contribution in [0.5, 0.6) is 0 Å². The first-order valence-electron chi connectivity index (χ1n) is 10.8. The Morgan fingerprint density at radius 3 is 2.75 bits per heavy atom. The molecule has 4 heterocycles. The number of piperidine rings is 1. The number of nitrogens with zero attached hydrogens (tertiary/aromatic N) is 3. The summed E-state index contributed by atoms with van der Waals surface area (Å²) in [4.78, 5) is 27.9. The first-order valence-corrected chi connectivity index (χ1v) is 12.1. The van der Waals surface area contributed by atoms with Crippen LogP contribution in [0.25, 0.3) is 21.8 Å². The summed E-state index contributed by atoms with van der Waals surface area (Å²) < 4.78 is 5.45. The number of nitrogens with one attached hydrogen (secondary N) is 3. The highest BCUT2D eigenvalue weighted by atomic mass is 35.5. The number of halogens is 1. The van der Waals surface area contributed by atoms with Crippen LogP contribution in [0.2, 0.25) is 5.02 Å². The Morgan fingerprint density at radius 1 is 1.19 bits per heavy atom. The van der Waals surface area contributed by atoms with Crippen LogP contribution in [-0.2, 0) is 4.74 Å². The van der Waals surface area contributed by atoms with Gasteiger partial charge in [0.05, 0.1) is 18.9 Å². The predicted molar refractivity (Wildman–Crippen MR) is 129 cm³/mol. The lowest BCUT2D eigenvalue weighted by molar-refractivity contribution is 0.122. The Balaban J connectivity index is 1.52. The topological polar surface area (TPSA) is 95.2 Å². The Morgan fingerprint density at radius 2 is 2.00 bits per heavy atom. The maximum Gasteiger partial charge on any atom is 0.264 e. The molecular weight excluding hydrogens is 448 g/mol. The standard InChI is InChI=1S/C22H25ClN6O2S/c23-15-5-3-14(4-6-15)17-13-32-21(26-17)18-19(25-16-2-1-7-24-12-16)27-22(28-20(18)30)29-8-10-31-11-9-29/h3-6,13,16,24H,1-2,7-12H2,(H2,25,27,28,30)/t16-/m1/s1. The van der Waals surface area contributed by atoms with E-state index in [9.17, 15) is 4.79 Å². The van der Waals surface area contributed by atoms with Crippen molar-refractivity contribution in [3.05, 3.63) is 45.0 Å². The molecule has 1 atom stereocenters. The highest BCUT2D eigenvalue weighted by Crippen LogP contribution is 2.32. The van der Waals surface area contributed by atoms with Gasteiger partial charge in [0.2, 0.25) is 5.95 Å². The van der Waals surface area contributed by atoms with Crippen LogP contribution in [0.1, 0.15) is 12.8 Å². The number of rotatable bonds is 5. The fourth-order valence-electron chi connectivity index (χ4n) is 4.00. The van der Waals surface area contributed by atoms with Gasteiger partial charge in [-0.2, -0.15) is 4.98 Å². The van der Waals surface area contributed by atoms with E-state index in [0.717, 1.165) is 37.2 Å². The molecule has 168 valence electrons. The second-order valence-electron chi connectivity index (χ2n) is 7.94. The third kappa shape index (κ3) is 4.66. The van der Waals surface area contributed by atoms with E-state index in [0.29, 0.717) is 53.7 Å². The number of aromatic amines is 1. The zero-order valence-corrected chi connectivity index (χ0v) is 19.1. The van der Waals surface area contributed by atoms with Crippen molar-refractivity contribution in [2.75, 3.05) is 49.6 Å². The second kappa shape index (κ2) is 9.58. The Labute approximate surface area is 195 Å². The zero-order chi connectivity index (χ0) is 21.9. The van der Waals surface area contributed by atoms with Crippen molar-refractivity contribution in [1.82, 2.24) is 20.3 Å². The highest BCUT2D eigenvalue weighted by molar-refractivity contribution is 7.13. The number of H-pyrrole nitrogens is 1. The van der Waals surface area contributed by atoms with E-state index in [4.69, 9.17) is 26.3 Å². The fourth-order valence-corrected chi connectivity index (χ4v) is 5.00. The van der Waals surface area contributed by atoms with Crippen molar-refractivity contribution in [3.8, 4) is 21.8 Å². The first kappa shape index (κ1) is 21.4. The van der Waals surface area contributed by atoms with Crippen LogP contribution in [0.3, 0.4) is 0 Å². The van der Waals surface area contributed by atoms with Gasteiger partial charge in [0.15, 0.2) is 0 Å². The molecule has 0 amide bonds. The molecular formula is C22H25ClN6O2S. The maximum absolute atomic E-state index is 13.3. The summed E-state index contributed by atoms with van der Waals surface area (Å²) in [6.07, 6.45) is 2.12. The van der Waals surface area contributed by atoms with E-state index in [2.05, 4.69) is 20.5 Å². The summed E-state index contributed by atoms with van der Waals surface area (Å²) in [7, 11) is 0. The monoisotopic (exact) mass is 472 g/mol. The lowest BCUT2D eigenvalue weighted by atomic mass is 10.1. The van der Waals surface area contributed by atoms with Crippen molar-refractivity contribution in [3.63, 3.8) is 0 Å². The molecule has 2 aliphatic rings. The molecule has 2 aliphatic heterocycles. The molecule has 32 heavy (non-hydrogen) atoms. The molecule has 0 unspecified atom stereocenters. The lowest BCUT2D eigenvalue weighted by Crippen LogP contribution is -2.40. The number of ether oxygens (including phenoxy) is 1. The van der Waals surface area contributed by atoms with Gasteiger partial charge in [-0.05, 0) is 31.5 Å². The van der Waals surface area contributed by atoms with Crippen LogP contribution < -0.4 is 21.1 Å². The number of benzene rings is 1. The van der Waals surface area contributed by atoms with E-state index in [1.165, 1.54) is 11.3 Å². The Kier molecular flexibility index (Phi) is 6.40. The predicted octanol–water partition coefficient (Wildman–Crippen LogP) is 3.21. The minimum atomic E-state index is -0.190. The smallest absolute Gasteiger partial charge is 0.264 e. The van der Waals surface area contributed by atoms with Gasteiger partial charge in [-0.1, -0.05) is 23.7 Å². The number of thiazole rings is 1. The molecule has 2 aromatic heterocycles. The zero-order valence-electron chi connectivity index (χ0n) is 17.6. The van der Waals surface area contributed by atoms with Gasteiger partial charge >= 0.3 is 0 Å². The largest absolute Gasteiger partial charge is 0.378 e. The number of hydrogen-bond acceptors (Lipinski definition) is 8. The SMILES string of the molecule is O=c1[nH]c(N2CCOCC2)nc(N[C@@H]2CCCNC2)c1-c1nc(-c2ccc(Cl)cc2)cs1. The van der Waals surface area contributed by atoms with Crippen LogP contribution >= 0.6 is 22.9 Å². The Bertz CT molecular complexity index is 1120. The first-order chi connectivity index (χ1) is 15.7. The van der Waals surface area contributed by atoms with Crippen LogP contribution in [0, 0.1) is 0 Å². The number of aromatic nitrogens is 3. The van der Waals surface area contributed by atoms with Crippen molar-refractivity contribution in [1.29, 1.82) is 0 Å². The third-order valence-electron chi connectivity index (χ3n) is 5.71. The quantitative estimate of drug-likeness (QED) is 0.524. The van der Waals surface area contributed by atoms with Gasteiger partial charge in [0.1, 0.15) is 16.4 Å². The summed E-state index contributed by atoms with van der Waals surface area (Å²) in [6.45, 7) is 4.50.